The molecule has 0 unspecified atom stereocenters. The van der Waals surface area contributed by atoms with Gasteiger partial charge in [-0.05, 0) is 48.5 Å². The average molecular weight is 484 g/mol. The lowest BCUT2D eigenvalue weighted by Crippen LogP contribution is -2.18. The summed E-state index contributed by atoms with van der Waals surface area (Å²) in [5.74, 6) is -3.76. The quantitative estimate of drug-likeness (QED) is 0.360. The molecule has 0 bridgehead atoms. The van der Waals surface area contributed by atoms with Gasteiger partial charge in [0.05, 0.1) is 33.6 Å². The monoisotopic (exact) mass is 484 g/mol. The van der Waals surface area contributed by atoms with Crippen molar-refractivity contribution in [2.24, 2.45) is 0 Å². The highest BCUT2D eigenvalue weighted by Crippen LogP contribution is 2.34. The average Bonchev–Trinajstić information content (AvgIpc) is 2.74. The smallest absolute Gasteiger partial charge is 0.416 e. The zero-order valence-electron chi connectivity index (χ0n) is 16.8. The van der Waals surface area contributed by atoms with Crippen LogP contribution in [0.25, 0.3) is 0 Å². The summed E-state index contributed by atoms with van der Waals surface area (Å²) in [5, 5.41) is 24.1. The number of alkyl halides is 6. The van der Waals surface area contributed by atoms with Gasteiger partial charge in [0.15, 0.2) is 0 Å². The minimum absolute atomic E-state index is 0.135. The summed E-state index contributed by atoms with van der Waals surface area (Å²) in [6.45, 7) is 0. The molecule has 0 aliphatic carbocycles. The van der Waals surface area contributed by atoms with Gasteiger partial charge in [0.1, 0.15) is 11.5 Å². The van der Waals surface area contributed by atoms with E-state index in [2.05, 4.69) is 10.6 Å². The summed E-state index contributed by atoms with van der Waals surface area (Å²) in [6, 6.07) is 8.75. The summed E-state index contributed by atoms with van der Waals surface area (Å²) < 4.78 is 77.7. The second-order valence-corrected chi connectivity index (χ2v) is 6.91. The Balaban J connectivity index is 1.88. The fourth-order valence-electron chi connectivity index (χ4n) is 2.87. The maximum absolute atomic E-state index is 12.9. The van der Waals surface area contributed by atoms with Gasteiger partial charge in [-0.3, -0.25) is 9.59 Å². The molecule has 0 saturated carbocycles. The van der Waals surface area contributed by atoms with Crippen LogP contribution < -0.4 is 10.6 Å². The van der Waals surface area contributed by atoms with E-state index in [9.17, 15) is 46.1 Å². The van der Waals surface area contributed by atoms with Crippen molar-refractivity contribution in [3.8, 4) is 11.5 Å². The van der Waals surface area contributed by atoms with E-state index in [4.69, 9.17) is 0 Å². The zero-order valence-corrected chi connectivity index (χ0v) is 16.8. The van der Waals surface area contributed by atoms with E-state index in [0.717, 1.165) is 0 Å². The van der Waals surface area contributed by atoms with Crippen molar-refractivity contribution in [1.82, 2.24) is 0 Å². The van der Waals surface area contributed by atoms with Crippen molar-refractivity contribution >= 4 is 23.2 Å². The Morgan fingerprint density at radius 1 is 0.618 bits per heavy atom. The van der Waals surface area contributed by atoms with Gasteiger partial charge in [-0.15, -0.1) is 0 Å². The lowest BCUT2D eigenvalue weighted by Gasteiger charge is -2.15. The summed E-state index contributed by atoms with van der Waals surface area (Å²) in [7, 11) is 0. The Morgan fingerprint density at radius 3 is 1.29 bits per heavy atom. The van der Waals surface area contributed by atoms with E-state index >= 15 is 0 Å². The highest BCUT2D eigenvalue weighted by Gasteiger charge is 2.33. The molecule has 2 amide bonds. The van der Waals surface area contributed by atoms with Gasteiger partial charge < -0.3 is 20.8 Å². The first-order valence-electron chi connectivity index (χ1n) is 9.29. The Labute approximate surface area is 187 Å². The van der Waals surface area contributed by atoms with Crippen LogP contribution in [0.15, 0.2) is 60.7 Å². The van der Waals surface area contributed by atoms with Crippen LogP contribution in [0.4, 0.5) is 37.7 Å². The highest BCUT2D eigenvalue weighted by atomic mass is 19.4. The van der Waals surface area contributed by atoms with Gasteiger partial charge >= 0.3 is 12.4 Å². The van der Waals surface area contributed by atoms with Crippen molar-refractivity contribution in [1.29, 1.82) is 0 Å². The molecular weight excluding hydrogens is 470 g/mol. The predicted octanol–water partition coefficient (Wildman–Crippen LogP) is 5.64. The number of hydrogen-bond acceptors (Lipinski definition) is 4. The molecule has 0 aliphatic heterocycles. The van der Waals surface area contributed by atoms with Crippen molar-refractivity contribution < 1.29 is 46.1 Å². The molecule has 3 aromatic carbocycles. The van der Waals surface area contributed by atoms with Gasteiger partial charge in [0.2, 0.25) is 0 Å². The van der Waals surface area contributed by atoms with Crippen LogP contribution in [0, 0.1) is 0 Å². The molecule has 0 aromatic heterocycles. The molecule has 0 aliphatic rings. The van der Waals surface area contributed by atoms with E-state index in [-0.39, 0.29) is 11.4 Å². The Morgan fingerprint density at radius 2 is 0.971 bits per heavy atom. The topological polar surface area (TPSA) is 98.7 Å². The summed E-state index contributed by atoms with van der Waals surface area (Å²) in [6.07, 6.45) is -9.55. The molecule has 0 saturated heterocycles. The second-order valence-electron chi connectivity index (χ2n) is 6.91. The Kier molecular flexibility index (Phi) is 6.44. The number of amides is 2. The number of para-hydroxylation sites is 2. The largest absolute Gasteiger partial charge is 0.507 e. The lowest BCUT2D eigenvalue weighted by molar-refractivity contribution is -0.138. The van der Waals surface area contributed by atoms with Crippen molar-refractivity contribution in [2.75, 3.05) is 10.6 Å². The second kappa shape index (κ2) is 8.96. The maximum Gasteiger partial charge on any atom is 0.416 e. The van der Waals surface area contributed by atoms with Gasteiger partial charge in [-0.25, -0.2) is 0 Å². The number of rotatable bonds is 4. The first kappa shape index (κ1) is 24.4. The molecule has 178 valence electrons. The van der Waals surface area contributed by atoms with Crippen LogP contribution in [0.1, 0.15) is 31.8 Å². The van der Waals surface area contributed by atoms with E-state index in [1.165, 1.54) is 24.3 Å². The maximum atomic E-state index is 12.9. The van der Waals surface area contributed by atoms with Crippen LogP contribution in [0.2, 0.25) is 0 Å². The third kappa shape index (κ3) is 5.39. The van der Waals surface area contributed by atoms with Crippen molar-refractivity contribution in [3.05, 3.63) is 82.9 Å². The van der Waals surface area contributed by atoms with E-state index in [0.29, 0.717) is 36.4 Å². The number of phenols is 2. The normalized spacial score (nSPS) is 11.7. The summed E-state index contributed by atoms with van der Waals surface area (Å²) in [5.41, 5.74) is -4.04. The molecule has 6 nitrogen and oxygen atoms in total. The number of carbonyl (C=O) groups excluding carboxylic acids is 2. The number of hydrogen-bond donors (Lipinski definition) is 4. The highest BCUT2D eigenvalue weighted by molar-refractivity contribution is 6.11. The third-order valence-electron chi connectivity index (χ3n) is 4.56. The fourth-order valence-corrected chi connectivity index (χ4v) is 2.87. The number of anilines is 2. The SMILES string of the molecule is O=C(Nc1ccccc1NC(=O)c1cc(C(F)(F)F)ccc1O)c1cc(C(F)(F)F)ccc1O. The molecule has 34 heavy (non-hydrogen) atoms. The molecule has 0 fully saturated rings. The fraction of sp³-hybridized carbons (Fsp3) is 0.0909. The number of benzene rings is 3. The minimum atomic E-state index is -4.78. The van der Waals surface area contributed by atoms with Gasteiger partial charge in [0.25, 0.3) is 11.8 Å². The zero-order chi connectivity index (χ0) is 25.3. The third-order valence-corrected chi connectivity index (χ3v) is 4.56. The Bertz CT molecular complexity index is 1160. The van der Waals surface area contributed by atoms with Crippen LogP contribution in [-0.2, 0) is 12.4 Å². The molecule has 0 atom stereocenters. The molecule has 0 heterocycles. The number of phenolic OH excluding ortho intramolecular Hbond substituents is 2. The molecular formula is C22H14F6N2O4. The predicted molar refractivity (Wildman–Crippen MR) is 109 cm³/mol. The standard InChI is InChI=1S/C22H14F6N2O4/c23-21(24,25)11-5-7-17(31)13(9-11)19(33)29-15-3-1-2-4-16(15)30-20(34)14-10-12(22(26,27)28)6-8-18(14)32/h1-10,31-32H,(H,29,33)(H,30,34). The molecule has 0 radical (unpaired) electrons. The van der Waals surface area contributed by atoms with E-state index in [1.807, 2.05) is 0 Å². The Hall–Kier alpha value is -4.22. The summed E-state index contributed by atoms with van der Waals surface area (Å²) >= 11 is 0. The van der Waals surface area contributed by atoms with Crippen LogP contribution >= 0.6 is 0 Å². The van der Waals surface area contributed by atoms with Gasteiger partial charge in [0, 0.05) is 0 Å². The number of halogens is 6. The molecule has 3 aromatic rings. The first-order valence-corrected chi connectivity index (χ1v) is 9.29. The number of nitrogens with one attached hydrogen (secondary N) is 2. The van der Waals surface area contributed by atoms with Crippen LogP contribution in [0.3, 0.4) is 0 Å². The van der Waals surface area contributed by atoms with Gasteiger partial charge in [-0.1, -0.05) is 12.1 Å². The van der Waals surface area contributed by atoms with E-state index < -0.39 is 57.9 Å². The van der Waals surface area contributed by atoms with Crippen LogP contribution in [-0.4, -0.2) is 22.0 Å². The first-order chi connectivity index (χ1) is 15.8. The lowest BCUT2D eigenvalue weighted by atomic mass is 10.1. The van der Waals surface area contributed by atoms with Crippen molar-refractivity contribution in [3.63, 3.8) is 0 Å². The van der Waals surface area contributed by atoms with Crippen LogP contribution in [0.5, 0.6) is 11.5 Å². The minimum Gasteiger partial charge on any atom is -0.507 e. The molecule has 0 spiro atoms. The van der Waals surface area contributed by atoms with Gasteiger partial charge in [-0.2, -0.15) is 26.3 Å². The summed E-state index contributed by atoms with van der Waals surface area (Å²) in [4.78, 5) is 25.0. The number of carbonyl (C=O) groups is 2. The number of aromatic hydroxyl groups is 2. The van der Waals surface area contributed by atoms with E-state index in [1.54, 1.807) is 0 Å². The molecule has 12 heteroatoms. The molecule has 3 rings (SSSR count). The van der Waals surface area contributed by atoms with Crippen molar-refractivity contribution in [2.45, 2.75) is 12.4 Å². The molecule has 4 N–H and O–H groups in total.